The molecule has 0 aromatic heterocycles. The number of hydrogen-bond donors (Lipinski definition) is 4. The maximum Gasteiger partial charge on any atom is 0.407 e. The molecule has 1 amide bonds. The number of aliphatic imine (C=N–C) groups is 1. The summed E-state index contributed by atoms with van der Waals surface area (Å²) in [5, 5.41) is 18.4. The summed E-state index contributed by atoms with van der Waals surface area (Å²) in [6.07, 6.45) is 1.17. The zero-order valence-electron chi connectivity index (χ0n) is 16.4. The van der Waals surface area contributed by atoms with Crippen LogP contribution in [0.3, 0.4) is 0 Å². The van der Waals surface area contributed by atoms with Gasteiger partial charge in [0.25, 0.3) is 0 Å². The first-order valence-electron chi connectivity index (χ1n) is 8.98. The Morgan fingerprint density at radius 2 is 1.96 bits per heavy atom. The van der Waals surface area contributed by atoms with E-state index in [1.807, 2.05) is 27.7 Å². The molecule has 154 valence electrons. The molecule has 0 bridgehead atoms. The summed E-state index contributed by atoms with van der Waals surface area (Å²) in [6.45, 7) is 11.3. The van der Waals surface area contributed by atoms with Crippen molar-refractivity contribution in [3.63, 3.8) is 0 Å². The number of nitrogens with zero attached hydrogens (tertiary/aromatic N) is 1. The van der Waals surface area contributed by atoms with Gasteiger partial charge in [-0.15, -0.1) is 24.0 Å². The second kappa shape index (κ2) is 12.6. The SMILES string of the molecule is CCNC(=NCC1(CCO)CCOC1)NCCNC(=O)OC(C)(C)C.I. The van der Waals surface area contributed by atoms with Crippen molar-refractivity contribution < 1.29 is 19.4 Å². The Balaban J connectivity index is 0.00000625. The van der Waals surface area contributed by atoms with Crippen LogP contribution in [0.5, 0.6) is 0 Å². The molecule has 1 unspecified atom stereocenters. The number of aliphatic hydroxyl groups excluding tert-OH is 1. The third-order valence-electron chi connectivity index (χ3n) is 3.83. The van der Waals surface area contributed by atoms with Gasteiger partial charge in [-0.3, -0.25) is 4.99 Å². The molecule has 0 saturated carbocycles. The number of carbonyl (C=O) groups is 1. The van der Waals surface area contributed by atoms with E-state index in [2.05, 4.69) is 20.9 Å². The summed E-state index contributed by atoms with van der Waals surface area (Å²) in [5.74, 6) is 0.692. The van der Waals surface area contributed by atoms with Crippen LogP contribution < -0.4 is 16.0 Å². The number of amides is 1. The normalized spacial score (nSPS) is 20.3. The molecule has 0 aliphatic carbocycles. The summed E-state index contributed by atoms with van der Waals surface area (Å²) >= 11 is 0. The van der Waals surface area contributed by atoms with Gasteiger partial charge in [-0.25, -0.2) is 4.79 Å². The van der Waals surface area contributed by atoms with Gasteiger partial charge in [0.2, 0.25) is 0 Å². The minimum absolute atomic E-state index is 0. The quantitative estimate of drug-likeness (QED) is 0.179. The van der Waals surface area contributed by atoms with Gasteiger partial charge in [-0.1, -0.05) is 0 Å². The number of halogens is 1. The van der Waals surface area contributed by atoms with Crippen molar-refractivity contribution >= 4 is 36.0 Å². The smallest absolute Gasteiger partial charge is 0.407 e. The molecule has 26 heavy (non-hydrogen) atoms. The fraction of sp³-hybridized carbons (Fsp3) is 0.882. The Kier molecular flexibility index (Phi) is 12.2. The molecule has 1 rings (SSSR count). The number of guanidine groups is 1. The van der Waals surface area contributed by atoms with E-state index in [9.17, 15) is 9.90 Å². The molecule has 1 heterocycles. The summed E-state index contributed by atoms with van der Waals surface area (Å²) in [5.41, 5.74) is -0.579. The van der Waals surface area contributed by atoms with Crippen LogP contribution in [-0.4, -0.2) is 68.8 Å². The molecule has 1 aliphatic heterocycles. The Labute approximate surface area is 173 Å². The van der Waals surface area contributed by atoms with Gasteiger partial charge in [0.05, 0.1) is 13.2 Å². The van der Waals surface area contributed by atoms with E-state index in [1.165, 1.54) is 0 Å². The van der Waals surface area contributed by atoms with E-state index in [4.69, 9.17) is 9.47 Å². The van der Waals surface area contributed by atoms with E-state index in [-0.39, 0.29) is 36.0 Å². The van der Waals surface area contributed by atoms with E-state index in [0.717, 1.165) is 19.6 Å². The van der Waals surface area contributed by atoms with Crippen LogP contribution >= 0.6 is 24.0 Å². The fourth-order valence-electron chi connectivity index (χ4n) is 2.54. The number of rotatable bonds is 8. The van der Waals surface area contributed by atoms with Crippen molar-refractivity contribution in [2.75, 3.05) is 46.0 Å². The standard InChI is InChI=1S/C17H34N4O4.HI/c1-5-18-14(19-8-9-20-15(23)25-16(2,3)4)21-12-17(6-10-22)7-11-24-13-17;/h22H,5-13H2,1-4H3,(H,20,23)(H2,18,19,21);1H. The highest BCUT2D eigenvalue weighted by molar-refractivity contribution is 14.0. The van der Waals surface area contributed by atoms with E-state index in [0.29, 0.717) is 38.6 Å². The predicted molar refractivity (Wildman–Crippen MR) is 113 cm³/mol. The Morgan fingerprint density at radius 1 is 1.27 bits per heavy atom. The van der Waals surface area contributed by atoms with Crippen molar-refractivity contribution in [2.24, 2.45) is 10.4 Å². The van der Waals surface area contributed by atoms with Gasteiger partial charge in [0.1, 0.15) is 5.60 Å². The number of nitrogens with one attached hydrogen (secondary N) is 3. The Bertz CT molecular complexity index is 435. The molecule has 0 aromatic rings. The molecule has 0 spiro atoms. The monoisotopic (exact) mass is 486 g/mol. The van der Waals surface area contributed by atoms with E-state index >= 15 is 0 Å². The van der Waals surface area contributed by atoms with Crippen LogP contribution in [0.2, 0.25) is 0 Å². The van der Waals surface area contributed by atoms with Crippen LogP contribution in [-0.2, 0) is 9.47 Å². The lowest BCUT2D eigenvalue weighted by molar-refractivity contribution is 0.0529. The van der Waals surface area contributed by atoms with Crippen LogP contribution in [0.15, 0.2) is 4.99 Å². The van der Waals surface area contributed by atoms with Gasteiger partial charge in [-0.2, -0.15) is 0 Å². The van der Waals surface area contributed by atoms with Crippen LogP contribution in [0, 0.1) is 5.41 Å². The third kappa shape index (κ3) is 10.4. The van der Waals surface area contributed by atoms with Crippen LogP contribution in [0.4, 0.5) is 4.79 Å². The van der Waals surface area contributed by atoms with Gasteiger partial charge in [0.15, 0.2) is 5.96 Å². The van der Waals surface area contributed by atoms with E-state index < -0.39 is 11.7 Å². The van der Waals surface area contributed by atoms with Crippen LogP contribution in [0.25, 0.3) is 0 Å². The molecule has 1 fully saturated rings. The summed E-state index contributed by atoms with van der Waals surface area (Å²) < 4.78 is 10.7. The summed E-state index contributed by atoms with van der Waals surface area (Å²) in [7, 11) is 0. The van der Waals surface area contributed by atoms with Crippen molar-refractivity contribution in [1.82, 2.24) is 16.0 Å². The first-order valence-corrected chi connectivity index (χ1v) is 8.98. The van der Waals surface area contributed by atoms with Crippen molar-refractivity contribution in [3.8, 4) is 0 Å². The molecule has 9 heteroatoms. The average Bonchev–Trinajstić information content (AvgIpc) is 2.96. The van der Waals surface area contributed by atoms with Gasteiger partial charge >= 0.3 is 6.09 Å². The number of hydrogen-bond acceptors (Lipinski definition) is 5. The average molecular weight is 486 g/mol. The summed E-state index contributed by atoms with van der Waals surface area (Å²) in [4.78, 5) is 16.2. The minimum Gasteiger partial charge on any atom is -0.444 e. The van der Waals surface area contributed by atoms with Crippen molar-refractivity contribution in [1.29, 1.82) is 0 Å². The largest absolute Gasteiger partial charge is 0.444 e. The zero-order chi connectivity index (χ0) is 18.8. The van der Waals surface area contributed by atoms with E-state index in [1.54, 1.807) is 0 Å². The lowest BCUT2D eigenvalue weighted by Gasteiger charge is -2.25. The number of alkyl carbamates (subject to hydrolysis) is 1. The topological polar surface area (TPSA) is 104 Å². The Morgan fingerprint density at radius 3 is 2.50 bits per heavy atom. The van der Waals surface area contributed by atoms with Crippen molar-refractivity contribution in [3.05, 3.63) is 0 Å². The predicted octanol–water partition coefficient (Wildman–Crippen LogP) is 1.47. The molecule has 0 aromatic carbocycles. The minimum atomic E-state index is -0.502. The second-order valence-corrected chi connectivity index (χ2v) is 7.33. The maximum absolute atomic E-state index is 11.6. The first kappa shape index (κ1) is 25.2. The summed E-state index contributed by atoms with van der Waals surface area (Å²) in [6, 6.07) is 0. The highest BCUT2D eigenvalue weighted by Crippen LogP contribution is 2.32. The molecule has 8 nitrogen and oxygen atoms in total. The van der Waals surface area contributed by atoms with Crippen LogP contribution in [0.1, 0.15) is 40.5 Å². The lowest BCUT2D eigenvalue weighted by atomic mass is 9.84. The van der Waals surface area contributed by atoms with Gasteiger partial charge in [0, 0.05) is 38.3 Å². The first-order chi connectivity index (χ1) is 11.8. The third-order valence-corrected chi connectivity index (χ3v) is 3.83. The molecule has 1 aliphatic rings. The number of ether oxygens (including phenoxy) is 2. The fourth-order valence-corrected chi connectivity index (χ4v) is 2.54. The molecule has 1 saturated heterocycles. The molecular formula is C17H35IN4O4. The van der Waals surface area contributed by atoms with Gasteiger partial charge < -0.3 is 30.5 Å². The number of aliphatic hydroxyl groups is 1. The molecule has 1 atom stereocenters. The number of carbonyl (C=O) groups excluding carboxylic acids is 1. The molecule has 0 radical (unpaired) electrons. The Hall–Kier alpha value is -0.810. The zero-order valence-corrected chi connectivity index (χ0v) is 18.7. The van der Waals surface area contributed by atoms with Gasteiger partial charge in [-0.05, 0) is 40.5 Å². The highest BCUT2D eigenvalue weighted by Gasteiger charge is 2.34. The highest BCUT2D eigenvalue weighted by atomic mass is 127. The molecular weight excluding hydrogens is 451 g/mol. The maximum atomic E-state index is 11.6. The lowest BCUT2D eigenvalue weighted by Crippen LogP contribution is -2.43. The molecule has 4 N–H and O–H groups in total. The van der Waals surface area contributed by atoms with Crippen molar-refractivity contribution in [2.45, 2.75) is 46.1 Å². The second-order valence-electron chi connectivity index (χ2n) is 7.33.